The predicted octanol–water partition coefficient (Wildman–Crippen LogP) is 15.7. The number of esters is 2. The minimum atomic E-state index is -4.62. The first-order valence-corrected chi connectivity index (χ1v) is 29.0. The first-order chi connectivity index (χ1) is 31.2. The summed E-state index contributed by atoms with van der Waals surface area (Å²) >= 11 is 0. The third-order valence-corrected chi connectivity index (χ3v) is 13.5. The molecule has 0 rings (SSSR count). The highest BCUT2D eigenvalue weighted by Gasteiger charge is 2.27. The van der Waals surface area contributed by atoms with Crippen LogP contribution < -0.4 is 0 Å². The number of carbonyl (C=O) groups is 2. The van der Waals surface area contributed by atoms with Crippen molar-refractivity contribution in [2.75, 3.05) is 26.4 Å². The number of phosphoric acid groups is 1. The van der Waals surface area contributed by atoms with Gasteiger partial charge < -0.3 is 24.6 Å². The molecular formula is C53H105O10P. The zero-order valence-corrected chi connectivity index (χ0v) is 42.9. The molecular weight excluding hydrogens is 828 g/mol. The van der Waals surface area contributed by atoms with Crippen molar-refractivity contribution in [3.63, 3.8) is 0 Å². The Bertz CT molecular complexity index is 1030. The summed E-state index contributed by atoms with van der Waals surface area (Å²) in [7, 11) is -4.62. The molecule has 0 aliphatic heterocycles. The Hall–Kier alpha value is -1.03. The maximum Gasteiger partial charge on any atom is 0.472 e. The van der Waals surface area contributed by atoms with Crippen LogP contribution >= 0.6 is 7.82 Å². The summed E-state index contributed by atoms with van der Waals surface area (Å²) in [5, 5.41) is 18.4. The Morgan fingerprint density at radius 3 is 0.969 bits per heavy atom. The van der Waals surface area contributed by atoms with Crippen molar-refractivity contribution in [3.05, 3.63) is 0 Å². The van der Waals surface area contributed by atoms with Crippen molar-refractivity contribution >= 4 is 19.8 Å². The van der Waals surface area contributed by atoms with Gasteiger partial charge in [0, 0.05) is 12.8 Å². The highest BCUT2D eigenvalue weighted by Crippen LogP contribution is 2.43. The normalized spacial score (nSPS) is 13.5. The van der Waals surface area contributed by atoms with Gasteiger partial charge in [-0.3, -0.25) is 18.6 Å². The van der Waals surface area contributed by atoms with Crippen molar-refractivity contribution < 1.29 is 47.8 Å². The molecule has 0 aromatic heterocycles. The molecule has 3 atom stereocenters. The maximum atomic E-state index is 12.7. The fourth-order valence-electron chi connectivity index (χ4n) is 8.29. The van der Waals surface area contributed by atoms with Crippen LogP contribution in [0.15, 0.2) is 0 Å². The molecule has 3 N–H and O–H groups in total. The second-order valence-corrected chi connectivity index (χ2v) is 20.4. The number of unbranched alkanes of at least 4 members (excludes halogenated alkanes) is 39. The molecule has 0 aliphatic carbocycles. The fraction of sp³-hybridized carbons (Fsp3) is 0.962. The van der Waals surface area contributed by atoms with Crippen molar-refractivity contribution in [1.29, 1.82) is 0 Å². The monoisotopic (exact) mass is 933 g/mol. The second-order valence-electron chi connectivity index (χ2n) is 19.0. The third-order valence-electron chi connectivity index (χ3n) is 12.5. The number of phosphoric ester groups is 1. The molecule has 382 valence electrons. The third kappa shape index (κ3) is 48.9. The highest BCUT2D eigenvalue weighted by molar-refractivity contribution is 7.47. The summed E-state index contributed by atoms with van der Waals surface area (Å²) in [6, 6.07) is 0. The van der Waals surface area contributed by atoms with E-state index in [0.717, 1.165) is 32.1 Å². The summed E-state index contributed by atoms with van der Waals surface area (Å²) < 4.78 is 32.9. The molecule has 0 saturated carbocycles. The lowest BCUT2D eigenvalue weighted by Crippen LogP contribution is -2.29. The van der Waals surface area contributed by atoms with Crippen LogP contribution in [0.25, 0.3) is 0 Å². The molecule has 11 heteroatoms. The van der Waals surface area contributed by atoms with E-state index in [0.29, 0.717) is 12.8 Å². The SMILES string of the molecule is CCCCCCCCCCCCCCCCCCCCCCCCC(=O)OC(COC(=O)CCCCCCCCCCCCCCCCCCCCC)COP(=O)(O)OCC(O)CO. The summed E-state index contributed by atoms with van der Waals surface area (Å²) in [6.07, 6.45) is 50.8. The van der Waals surface area contributed by atoms with Crippen LogP contribution in [0.1, 0.15) is 290 Å². The Kier molecular flexibility index (Phi) is 49.1. The standard InChI is InChI=1S/C53H105O10P/c1-3-5-7-9-11-13-15-17-19-21-23-24-25-27-29-31-33-35-37-39-41-43-45-53(57)63-51(49-62-64(58,59)61-47-50(55)46-54)48-60-52(56)44-42-40-38-36-34-32-30-28-26-22-20-18-16-14-12-10-8-6-4-2/h50-51,54-55H,3-49H2,1-2H3,(H,58,59). The fourth-order valence-corrected chi connectivity index (χ4v) is 9.08. The molecule has 0 spiro atoms. The van der Waals surface area contributed by atoms with Crippen LogP contribution in [-0.4, -0.2) is 65.7 Å². The minimum Gasteiger partial charge on any atom is -0.462 e. The molecule has 0 radical (unpaired) electrons. The highest BCUT2D eigenvalue weighted by atomic mass is 31.2. The van der Waals surface area contributed by atoms with E-state index in [-0.39, 0.29) is 19.4 Å². The number of carbonyl (C=O) groups excluding carboxylic acids is 2. The van der Waals surface area contributed by atoms with Crippen molar-refractivity contribution in [3.8, 4) is 0 Å². The Labute approximate surface area is 394 Å². The Morgan fingerprint density at radius 2 is 0.672 bits per heavy atom. The van der Waals surface area contributed by atoms with Gasteiger partial charge in [0.1, 0.15) is 12.7 Å². The first-order valence-electron chi connectivity index (χ1n) is 27.5. The summed E-state index contributed by atoms with van der Waals surface area (Å²) in [6.45, 7) is 2.47. The van der Waals surface area contributed by atoms with Gasteiger partial charge in [0.25, 0.3) is 0 Å². The second kappa shape index (κ2) is 49.9. The number of aliphatic hydroxyl groups is 2. The van der Waals surface area contributed by atoms with Crippen LogP contribution in [-0.2, 0) is 32.7 Å². The van der Waals surface area contributed by atoms with E-state index in [1.165, 1.54) is 218 Å². The van der Waals surface area contributed by atoms with Gasteiger partial charge in [-0.05, 0) is 12.8 Å². The molecule has 0 aromatic carbocycles. The van der Waals surface area contributed by atoms with Gasteiger partial charge in [-0.15, -0.1) is 0 Å². The lowest BCUT2D eigenvalue weighted by atomic mass is 10.0. The first kappa shape index (κ1) is 63.0. The van der Waals surface area contributed by atoms with E-state index in [4.69, 9.17) is 23.6 Å². The van der Waals surface area contributed by atoms with Gasteiger partial charge >= 0.3 is 19.8 Å². The number of hydrogen-bond acceptors (Lipinski definition) is 9. The topological polar surface area (TPSA) is 149 Å². The van der Waals surface area contributed by atoms with Gasteiger partial charge in [0.2, 0.25) is 0 Å². The molecule has 3 unspecified atom stereocenters. The Morgan fingerprint density at radius 1 is 0.406 bits per heavy atom. The smallest absolute Gasteiger partial charge is 0.462 e. The average Bonchev–Trinajstić information content (AvgIpc) is 3.28. The van der Waals surface area contributed by atoms with Crippen molar-refractivity contribution in [1.82, 2.24) is 0 Å². The Balaban J connectivity index is 4.08. The molecule has 10 nitrogen and oxygen atoms in total. The van der Waals surface area contributed by atoms with Crippen molar-refractivity contribution in [2.45, 2.75) is 302 Å². The van der Waals surface area contributed by atoms with Gasteiger partial charge in [0.05, 0.1) is 19.8 Å². The molecule has 0 amide bonds. The van der Waals surface area contributed by atoms with E-state index < -0.39 is 51.8 Å². The number of hydrogen-bond donors (Lipinski definition) is 3. The van der Waals surface area contributed by atoms with Crippen LogP contribution in [0.5, 0.6) is 0 Å². The number of aliphatic hydroxyl groups excluding tert-OH is 2. The largest absolute Gasteiger partial charge is 0.472 e. The van der Waals surface area contributed by atoms with Gasteiger partial charge in [-0.1, -0.05) is 264 Å². The molecule has 0 bridgehead atoms. The maximum absolute atomic E-state index is 12.7. The number of ether oxygens (including phenoxy) is 2. The van der Waals surface area contributed by atoms with Gasteiger partial charge in [-0.2, -0.15) is 0 Å². The van der Waals surface area contributed by atoms with Crippen LogP contribution in [0.2, 0.25) is 0 Å². The van der Waals surface area contributed by atoms with Gasteiger partial charge in [-0.25, -0.2) is 4.57 Å². The van der Waals surface area contributed by atoms with Crippen LogP contribution in [0, 0.1) is 0 Å². The van der Waals surface area contributed by atoms with Crippen molar-refractivity contribution in [2.24, 2.45) is 0 Å². The predicted molar refractivity (Wildman–Crippen MR) is 266 cm³/mol. The van der Waals surface area contributed by atoms with E-state index >= 15 is 0 Å². The molecule has 0 aliphatic rings. The average molecular weight is 933 g/mol. The summed E-state index contributed by atoms with van der Waals surface area (Å²) in [5.74, 6) is -0.900. The molecule has 0 heterocycles. The molecule has 0 fully saturated rings. The zero-order valence-electron chi connectivity index (χ0n) is 42.0. The molecule has 0 saturated heterocycles. The molecule has 0 aromatic rings. The van der Waals surface area contributed by atoms with E-state index in [9.17, 15) is 24.2 Å². The summed E-state index contributed by atoms with van der Waals surface area (Å²) in [5.41, 5.74) is 0. The van der Waals surface area contributed by atoms with E-state index in [1.807, 2.05) is 0 Å². The quantitative estimate of drug-likeness (QED) is 0.0306. The summed E-state index contributed by atoms with van der Waals surface area (Å²) in [4.78, 5) is 35.2. The van der Waals surface area contributed by atoms with Crippen LogP contribution in [0.4, 0.5) is 0 Å². The number of rotatable bonds is 53. The zero-order chi connectivity index (χ0) is 46.9. The van der Waals surface area contributed by atoms with Gasteiger partial charge in [0.15, 0.2) is 6.10 Å². The van der Waals surface area contributed by atoms with Crippen LogP contribution in [0.3, 0.4) is 0 Å². The van der Waals surface area contributed by atoms with E-state index in [1.54, 1.807) is 0 Å². The molecule has 64 heavy (non-hydrogen) atoms. The minimum absolute atomic E-state index is 0.193. The lowest BCUT2D eigenvalue weighted by molar-refractivity contribution is -0.161. The lowest BCUT2D eigenvalue weighted by Gasteiger charge is -2.20. The van der Waals surface area contributed by atoms with E-state index in [2.05, 4.69) is 13.8 Å².